The van der Waals surface area contributed by atoms with E-state index in [1.165, 1.54) is 0 Å². The fourth-order valence-corrected chi connectivity index (χ4v) is 2.10. The highest BCUT2D eigenvalue weighted by molar-refractivity contribution is 6.00. The second-order valence-electron chi connectivity index (χ2n) is 4.61. The maximum absolute atomic E-state index is 12.1. The van der Waals surface area contributed by atoms with Crippen LogP contribution in [0.3, 0.4) is 0 Å². The number of rotatable bonds is 6. The largest absolute Gasteiger partial charge is 0.396 e. The molecule has 0 spiro atoms. The first-order chi connectivity index (χ1) is 10.3. The number of aliphatic hydroxyl groups is 2. The van der Waals surface area contributed by atoms with Gasteiger partial charge in [-0.15, -0.1) is 0 Å². The van der Waals surface area contributed by atoms with Crippen molar-refractivity contribution in [3.8, 4) is 11.1 Å². The monoisotopic (exact) mass is 284 g/mol. The molecule has 4 nitrogen and oxygen atoms in total. The molecule has 0 aliphatic rings. The van der Waals surface area contributed by atoms with Crippen LogP contribution in [0, 0.1) is 6.07 Å². The minimum Gasteiger partial charge on any atom is -0.396 e. The summed E-state index contributed by atoms with van der Waals surface area (Å²) in [5.41, 5.74) is 3.22. The van der Waals surface area contributed by atoms with Gasteiger partial charge in [0.2, 0.25) is 0 Å². The van der Waals surface area contributed by atoms with Crippen LogP contribution in [0.1, 0.15) is 15.9 Å². The summed E-state index contributed by atoms with van der Waals surface area (Å²) < 4.78 is 0. The highest BCUT2D eigenvalue weighted by Crippen LogP contribution is 2.23. The Balaban J connectivity index is 2.28. The Hall–Kier alpha value is -2.17. The summed E-state index contributed by atoms with van der Waals surface area (Å²) in [7, 11) is 0. The molecule has 0 atom stereocenters. The van der Waals surface area contributed by atoms with Gasteiger partial charge in [-0.05, 0) is 29.2 Å². The fourth-order valence-electron chi connectivity index (χ4n) is 2.10. The molecule has 109 valence electrons. The molecular weight excluding hydrogens is 266 g/mol. The van der Waals surface area contributed by atoms with E-state index >= 15 is 0 Å². The molecule has 0 aromatic heterocycles. The Morgan fingerprint density at radius 1 is 1.10 bits per heavy atom. The number of carbonyl (C=O) groups excluding carboxylic acids is 1. The SMILES string of the molecule is O=C(NCCO)c1[c]cccc1-c1ccc(CCO)cc1. The highest BCUT2D eigenvalue weighted by Gasteiger charge is 2.12. The van der Waals surface area contributed by atoms with Crippen LogP contribution in [0.5, 0.6) is 0 Å². The normalized spacial score (nSPS) is 10.4. The van der Waals surface area contributed by atoms with Crippen LogP contribution in [0.4, 0.5) is 0 Å². The minimum absolute atomic E-state index is 0.0935. The number of amides is 1. The van der Waals surface area contributed by atoms with Crippen LogP contribution in [-0.2, 0) is 6.42 Å². The van der Waals surface area contributed by atoms with E-state index in [4.69, 9.17) is 10.2 Å². The molecule has 2 aromatic rings. The molecule has 2 rings (SSSR count). The van der Waals surface area contributed by atoms with Gasteiger partial charge in [0.15, 0.2) is 0 Å². The lowest BCUT2D eigenvalue weighted by Crippen LogP contribution is -2.26. The molecule has 2 aromatic carbocycles. The molecular formula is C17H18NO3. The molecule has 0 heterocycles. The summed E-state index contributed by atoms with van der Waals surface area (Å²) in [4.78, 5) is 12.1. The van der Waals surface area contributed by atoms with E-state index in [0.29, 0.717) is 12.0 Å². The molecule has 0 aliphatic heterocycles. The molecule has 0 bridgehead atoms. The van der Waals surface area contributed by atoms with Crippen LogP contribution in [0.15, 0.2) is 42.5 Å². The van der Waals surface area contributed by atoms with E-state index in [1.54, 1.807) is 6.07 Å². The second-order valence-corrected chi connectivity index (χ2v) is 4.61. The molecule has 0 saturated carbocycles. The molecule has 1 radical (unpaired) electrons. The van der Waals surface area contributed by atoms with Crippen molar-refractivity contribution in [2.24, 2.45) is 0 Å². The molecule has 21 heavy (non-hydrogen) atoms. The summed E-state index contributed by atoms with van der Waals surface area (Å²) >= 11 is 0. The molecule has 1 amide bonds. The van der Waals surface area contributed by atoms with Crippen molar-refractivity contribution in [2.75, 3.05) is 19.8 Å². The second kappa shape index (κ2) is 7.57. The smallest absolute Gasteiger partial charge is 0.252 e. The van der Waals surface area contributed by atoms with Gasteiger partial charge in [0.1, 0.15) is 0 Å². The fraction of sp³-hybridized carbons (Fsp3) is 0.235. The van der Waals surface area contributed by atoms with Crippen molar-refractivity contribution in [3.05, 3.63) is 59.7 Å². The van der Waals surface area contributed by atoms with Gasteiger partial charge in [0, 0.05) is 13.2 Å². The third-order valence-electron chi connectivity index (χ3n) is 3.15. The molecule has 0 aliphatic carbocycles. The molecule has 0 fully saturated rings. The van der Waals surface area contributed by atoms with Crippen molar-refractivity contribution >= 4 is 5.91 Å². The van der Waals surface area contributed by atoms with Crippen molar-refractivity contribution in [2.45, 2.75) is 6.42 Å². The van der Waals surface area contributed by atoms with Gasteiger partial charge < -0.3 is 15.5 Å². The third-order valence-corrected chi connectivity index (χ3v) is 3.15. The quantitative estimate of drug-likeness (QED) is 0.751. The zero-order chi connectivity index (χ0) is 15.1. The Morgan fingerprint density at radius 2 is 1.86 bits per heavy atom. The van der Waals surface area contributed by atoms with Crippen molar-refractivity contribution in [1.82, 2.24) is 5.32 Å². The van der Waals surface area contributed by atoms with E-state index in [-0.39, 0.29) is 25.7 Å². The first-order valence-corrected chi connectivity index (χ1v) is 6.86. The summed E-state index contributed by atoms with van der Waals surface area (Å²) in [5.74, 6) is -0.251. The average molecular weight is 284 g/mol. The van der Waals surface area contributed by atoms with E-state index in [1.807, 2.05) is 36.4 Å². The van der Waals surface area contributed by atoms with Gasteiger partial charge in [-0.25, -0.2) is 0 Å². The predicted octanol–water partition coefficient (Wildman–Crippen LogP) is 1.41. The Morgan fingerprint density at radius 3 is 2.52 bits per heavy atom. The number of hydrogen-bond donors (Lipinski definition) is 3. The molecule has 0 saturated heterocycles. The van der Waals surface area contributed by atoms with Crippen molar-refractivity contribution in [3.63, 3.8) is 0 Å². The number of benzene rings is 2. The van der Waals surface area contributed by atoms with E-state index in [9.17, 15) is 4.79 Å². The number of carbonyl (C=O) groups is 1. The molecule has 4 heteroatoms. The number of hydrogen-bond acceptors (Lipinski definition) is 3. The Labute approximate surface area is 124 Å². The zero-order valence-corrected chi connectivity index (χ0v) is 11.7. The van der Waals surface area contributed by atoms with Crippen LogP contribution in [-0.4, -0.2) is 35.9 Å². The van der Waals surface area contributed by atoms with E-state index in [2.05, 4.69) is 11.4 Å². The summed E-state index contributed by atoms with van der Waals surface area (Å²) in [6, 6.07) is 16.1. The lowest BCUT2D eigenvalue weighted by Gasteiger charge is -2.10. The van der Waals surface area contributed by atoms with Gasteiger partial charge in [0.05, 0.1) is 12.2 Å². The van der Waals surface area contributed by atoms with Gasteiger partial charge in [-0.2, -0.15) is 0 Å². The molecule has 3 N–H and O–H groups in total. The van der Waals surface area contributed by atoms with Gasteiger partial charge >= 0.3 is 0 Å². The lowest BCUT2D eigenvalue weighted by atomic mass is 9.98. The Kier molecular flexibility index (Phi) is 5.49. The summed E-state index contributed by atoms with van der Waals surface area (Å²) in [6.45, 7) is 0.244. The topological polar surface area (TPSA) is 69.6 Å². The third kappa shape index (κ3) is 3.90. The lowest BCUT2D eigenvalue weighted by molar-refractivity contribution is 0.0945. The van der Waals surface area contributed by atoms with Crippen LogP contribution in [0.25, 0.3) is 11.1 Å². The summed E-state index contributed by atoms with van der Waals surface area (Å²) in [6.07, 6.45) is 0.616. The van der Waals surface area contributed by atoms with Crippen molar-refractivity contribution < 1.29 is 15.0 Å². The van der Waals surface area contributed by atoms with Crippen LogP contribution >= 0.6 is 0 Å². The van der Waals surface area contributed by atoms with Crippen molar-refractivity contribution in [1.29, 1.82) is 0 Å². The van der Waals surface area contributed by atoms with E-state index in [0.717, 1.165) is 16.7 Å². The standard InChI is InChI=1S/C17H18NO3/c19-11-9-13-5-7-14(8-6-13)15-3-1-2-4-16(15)17(21)18-10-12-20/h1-3,5-8,19-20H,9-12H2,(H,18,21). The first kappa shape index (κ1) is 15.2. The zero-order valence-electron chi connectivity index (χ0n) is 11.7. The van der Waals surface area contributed by atoms with Crippen LogP contribution < -0.4 is 5.32 Å². The van der Waals surface area contributed by atoms with Crippen LogP contribution in [0.2, 0.25) is 0 Å². The predicted molar refractivity (Wildman–Crippen MR) is 80.9 cm³/mol. The minimum atomic E-state index is -0.251. The highest BCUT2D eigenvalue weighted by atomic mass is 16.3. The van der Waals surface area contributed by atoms with Gasteiger partial charge in [-0.1, -0.05) is 42.5 Å². The van der Waals surface area contributed by atoms with Gasteiger partial charge in [-0.3, -0.25) is 4.79 Å². The summed E-state index contributed by atoms with van der Waals surface area (Å²) in [5, 5.41) is 20.3. The number of aliphatic hydroxyl groups excluding tert-OH is 2. The van der Waals surface area contributed by atoms with E-state index < -0.39 is 0 Å². The first-order valence-electron chi connectivity index (χ1n) is 6.86. The maximum Gasteiger partial charge on any atom is 0.252 e. The maximum atomic E-state index is 12.1. The number of nitrogens with one attached hydrogen (secondary N) is 1. The van der Waals surface area contributed by atoms with Gasteiger partial charge in [0.25, 0.3) is 5.91 Å². The molecule has 0 unspecified atom stereocenters. The Bertz CT molecular complexity index is 593. The average Bonchev–Trinajstić information content (AvgIpc) is 2.54.